The van der Waals surface area contributed by atoms with Crippen molar-refractivity contribution in [1.82, 2.24) is 4.98 Å². The predicted molar refractivity (Wildman–Crippen MR) is 184 cm³/mol. The number of rotatable bonds is 5. The SMILES string of the molecule is CC(C)c1nc2c(c3c1C(c1ccc(C4(C)COC4)cc1)OC31CCOCC1I)C(O[Si](C)(C)C(C)(C)C)CC(C)(C)C2. The van der Waals surface area contributed by atoms with Crippen LogP contribution in [0.15, 0.2) is 24.3 Å². The molecule has 1 spiro atoms. The van der Waals surface area contributed by atoms with Gasteiger partial charge in [0.2, 0.25) is 0 Å². The molecule has 5 nitrogen and oxygen atoms in total. The molecule has 0 N–H and O–H groups in total. The lowest BCUT2D eigenvalue weighted by atomic mass is 9.69. The van der Waals surface area contributed by atoms with Crippen molar-refractivity contribution in [2.45, 2.75) is 126 Å². The summed E-state index contributed by atoms with van der Waals surface area (Å²) in [5.41, 5.74) is 8.78. The third kappa shape index (κ3) is 5.39. The number of benzene rings is 1. The van der Waals surface area contributed by atoms with E-state index in [0.29, 0.717) is 13.2 Å². The Hall–Kier alpha value is -0.843. The molecule has 0 bridgehead atoms. The lowest BCUT2D eigenvalue weighted by molar-refractivity contribution is -0.113. The summed E-state index contributed by atoms with van der Waals surface area (Å²) < 4.78 is 26.7. The molecule has 1 aromatic heterocycles. The number of ether oxygens (including phenoxy) is 3. The first-order chi connectivity index (χ1) is 20.0. The molecule has 3 aliphatic heterocycles. The zero-order chi connectivity index (χ0) is 31.2. The highest BCUT2D eigenvalue weighted by Gasteiger charge is 2.56. The van der Waals surface area contributed by atoms with Crippen molar-refractivity contribution in [3.05, 3.63) is 63.5 Å². The Morgan fingerprint density at radius 3 is 2.26 bits per heavy atom. The summed E-state index contributed by atoms with van der Waals surface area (Å²) in [4.78, 5) is 5.59. The van der Waals surface area contributed by atoms with Crippen LogP contribution in [0, 0.1) is 5.41 Å². The zero-order valence-corrected chi connectivity index (χ0v) is 31.2. The van der Waals surface area contributed by atoms with Gasteiger partial charge in [0.15, 0.2) is 8.32 Å². The summed E-state index contributed by atoms with van der Waals surface area (Å²) in [5.74, 6) is 0.280. The molecule has 7 heteroatoms. The molecule has 4 atom stereocenters. The van der Waals surface area contributed by atoms with E-state index >= 15 is 0 Å². The second-order valence-corrected chi connectivity index (χ2v) is 22.8. The van der Waals surface area contributed by atoms with Crippen LogP contribution in [-0.2, 0) is 36.1 Å². The van der Waals surface area contributed by atoms with Crippen LogP contribution < -0.4 is 0 Å². The highest BCUT2D eigenvalue weighted by Crippen LogP contribution is 2.60. The molecule has 6 rings (SSSR count). The second kappa shape index (κ2) is 10.9. The quantitative estimate of drug-likeness (QED) is 0.176. The van der Waals surface area contributed by atoms with E-state index in [4.69, 9.17) is 23.6 Å². The summed E-state index contributed by atoms with van der Waals surface area (Å²) >= 11 is 2.61. The fourth-order valence-electron chi connectivity index (χ4n) is 7.40. The number of nitrogens with zero attached hydrogens (tertiary/aromatic N) is 1. The van der Waals surface area contributed by atoms with Gasteiger partial charge in [0.1, 0.15) is 11.7 Å². The van der Waals surface area contributed by atoms with E-state index in [9.17, 15) is 0 Å². The Morgan fingerprint density at radius 1 is 1.02 bits per heavy atom. The van der Waals surface area contributed by atoms with Gasteiger partial charge in [0.25, 0.3) is 0 Å². The normalized spacial score (nSPS) is 29.8. The third-order valence-corrected chi connectivity index (χ3v) is 16.9. The highest BCUT2D eigenvalue weighted by molar-refractivity contribution is 14.1. The van der Waals surface area contributed by atoms with E-state index in [0.717, 1.165) is 32.5 Å². The molecule has 43 heavy (non-hydrogen) atoms. The lowest BCUT2D eigenvalue weighted by Gasteiger charge is -2.47. The molecule has 1 aliphatic carbocycles. The first-order valence-electron chi connectivity index (χ1n) is 16.3. The number of hydrogen-bond donors (Lipinski definition) is 0. The minimum atomic E-state index is -2.08. The maximum absolute atomic E-state index is 7.48. The summed E-state index contributed by atoms with van der Waals surface area (Å²) in [5, 5.41) is 0.119. The molecule has 0 amide bonds. The fourth-order valence-corrected chi connectivity index (χ4v) is 9.69. The van der Waals surface area contributed by atoms with Crippen LogP contribution in [0.5, 0.6) is 0 Å². The molecule has 236 valence electrons. The maximum Gasteiger partial charge on any atom is 0.192 e. The standard InChI is InChI=1S/C36H52INO4Si/c1-22(2)31-29-30(28-25(38-31)17-34(6,7)18-26(28)42-43(9,10)33(3,4)5)36(15-16-39-19-27(36)37)41-32(29)23-11-13-24(14-12-23)35(8)20-40-21-35/h11-14,22,26-27,32H,15-21H2,1-10H3. The number of fused-ring (bicyclic) bond motifs is 4. The van der Waals surface area contributed by atoms with Gasteiger partial charge in [-0.1, -0.05) is 102 Å². The van der Waals surface area contributed by atoms with Crippen molar-refractivity contribution in [2.24, 2.45) is 5.41 Å². The van der Waals surface area contributed by atoms with Gasteiger partial charge < -0.3 is 18.6 Å². The van der Waals surface area contributed by atoms with Gasteiger partial charge in [-0.05, 0) is 53.4 Å². The van der Waals surface area contributed by atoms with Gasteiger partial charge in [-0.2, -0.15) is 0 Å². The van der Waals surface area contributed by atoms with Crippen molar-refractivity contribution < 1.29 is 18.6 Å². The van der Waals surface area contributed by atoms with Gasteiger partial charge in [-0.3, -0.25) is 4.98 Å². The van der Waals surface area contributed by atoms with Gasteiger partial charge >= 0.3 is 0 Å². The Kier molecular flexibility index (Phi) is 8.11. The lowest BCUT2D eigenvalue weighted by Crippen LogP contribution is -2.47. The molecule has 4 heterocycles. The van der Waals surface area contributed by atoms with Crippen LogP contribution in [0.25, 0.3) is 0 Å². The Morgan fingerprint density at radius 2 is 1.70 bits per heavy atom. The molecule has 2 aromatic rings. The number of pyridine rings is 1. The van der Waals surface area contributed by atoms with Crippen LogP contribution >= 0.6 is 22.6 Å². The van der Waals surface area contributed by atoms with Crippen LogP contribution in [0.3, 0.4) is 0 Å². The fraction of sp³-hybridized carbons (Fsp3) is 0.694. The molecule has 0 saturated carbocycles. The smallest absolute Gasteiger partial charge is 0.192 e. The summed E-state index contributed by atoms with van der Waals surface area (Å²) in [6.45, 7) is 26.5. The average molecular weight is 718 g/mol. The van der Waals surface area contributed by atoms with Crippen molar-refractivity contribution in [1.29, 1.82) is 0 Å². The van der Waals surface area contributed by atoms with Crippen LogP contribution in [-0.4, -0.2) is 43.7 Å². The van der Waals surface area contributed by atoms with E-state index < -0.39 is 13.9 Å². The minimum absolute atomic E-state index is 0.00807. The molecule has 2 saturated heterocycles. The topological polar surface area (TPSA) is 49.8 Å². The van der Waals surface area contributed by atoms with Crippen molar-refractivity contribution >= 4 is 30.9 Å². The minimum Gasteiger partial charge on any atom is -0.410 e. The van der Waals surface area contributed by atoms with Crippen LogP contribution in [0.2, 0.25) is 18.1 Å². The molecule has 4 unspecified atom stereocenters. The summed E-state index contributed by atoms with van der Waals surface area (Å²) in [6, 6.07) is 9.18. The number of hydrogen-bond acceptors (Lipinski definition) is 5. The summed E-state index contributed by atoms with van der Waals surface area (Å²) in [6.07, 6.45) is 2.66. The average Bonchev–Trinajstić information content (AvgIpc) is 3.22. The third-order valence-electron chi connectivity index (χ3n) is 11.0. The predicted octanol–water partition coefficient (Wildman–Crippen LogP) is 9.07. The van der Waals surface area contributed by atoms with Gasteiger partial charge in [-0.15, -0.1) is 0 Å². The number of alkyl halides is 1. The molecule has 1 aromatic carbocycles. The Bertz CT molecular complexity index is 1380. The van der Waals surface area contributed by atoms with Gasteiger partial charge in [-0.25, -0.2) is 0 Å². The van der Waals surface area contributed by atoms with E-state index in [1.807, 2.05) is 0 Å². The van der Waals surface area contributed by atoms with E-state index in [2.05, 4.69) is 115 Å². The van der Waals surface area contributed by atoms with Gasteiger partial charge in [0.05, 0.1) is 29.8 Å². The highest BCUT2D eigenvalue weighted by atomic mass is 127. The molecule has 0 radical (unpaired) electrons. The monoisotopic (exact) mass is 717 g/mol. The first kappa shape index (κ1) is 32.1. The Balaban J connectivity index is 1.58. The van der Waals surface area contributed by atoms with Crippen LogP contribution in [0.4, 0.5) is 0 Å². The van der Waals surface area contributed by atoms with Crippen molar-refractivity contribution in [2.75, 3.05) is 26.4 Å². The van der Waals surface area contributed by atoms with E-state index in [1.165, 1.54) is 39.2 Å². The molecular weight excluding hydrogens is 665 g/mol. The largest absolute Gasteiger partial charge is 0.410 e. The maximum atomic E-state index is 7.48. The number of halogens is 1. The zero-order valence-electron chi connectivity index (χ0n) is 28.0. The molecule has 2 fully saturated rings. The van der Waals surface area contributed by atoms with Crippen molar-refractivity contribution in [3.63, 3.8) is 0 Å². The van der Waals surface area contributed by atoms with Crippen LogP contribution in [0.1, 0.15) is 126 Å². The second-order valence-electron chi connectivity index (χ2n) is 16.6. The van der Waals surface area contributed by atoms with E-state index in [-0.39, 0.29) is 37.9 Å². The molecule has 4 aliphatic rings. The Labute approximate surface area is 274 Å². The first-order valence-corrected chi connectivity index (χ1v) is 20.5. The number of aromatic nitrogens is 1. The summed E-state index contributed by atoms with van der Waals surface area (Å²) in [7, 11) is -2.08. The van der Waals surface area contributed by atoms with Gasteiger partial charge in [0, 0.05) is 46.5 Å². The van der Waals surface area contributed by atoms with E-state index in [1.54, 1.807) is 0 Å². The molecular formula is C36H52INO4Si. The van der Waals surface area contributed by atoms with Crippen molar-refractivity contribution in [3.8, 4) is 0 Å².